The van der Waals surface area contributed by atoms with Crippen LogP contribution in [-0.4, -0.2) is 25.8 Å². The van der Waals surface area contributed by atoms with Crippen LogP contribution >= 0.6 is 15.9 Å². The van der Waals surface area contributed by atoms with E-state index in [-0.39, 0.29) is 5.75 Å². The maximum absolute atomic E-state index is 12.3. The van der Waals surface area contributed by atoms with Gasteiger partial charge >= 0.3 is 0 Å². The van der Waals surface area contributed by atoms with Gasteiger partial charge in [0.1, 0.15) is 0 Å². The molecule has 0 aromatic heterocycles. The summed E-state index contributed by atoms with van der Waals surface area (Å²) in [5.74, 6) is 0.749. The smallest absolute Gasteiger partial charge is 0.212 e. The fraction of sp³-hybridized carbons (Fsp3) is 0.538. The van der Waals surface area contributed by atoms with Gasteiger partial charge in [-0.1, -0.05) is 35.0 Å². The first-order valence-electron chi connectivity index (χ1n) is 6.19. The van der Waals surface area contributed by atoms with Crippen molar-refractivity contribution < 1.29 is 8.42 Å². The van der Waals surface area contributed by atoms with Crippen LogP contribution in [0.5, 0.6) is 0 Å². The Morgan fingerprint density at radius 2 is 1.78 bits per heavy atom. The largest absolute Gasteiger partial charge is 0.218 e. The minimum absolute atomic E-state index is 0.106. The first-order valence-corrected chi connectivity index (χ1v) is 8.60. The zero-order valence-electron chi connectivity index (χ0n) is 10.5. The van der Waals surface area contributed by atoms with E-state index in [0.29, 0.717) is 19.0 Å². The molecule has 1 aliphatic heterocycles. The summed E-state index contributed by atoms with van der Waals surface area (Å²) in [5.41, 5.74) is 0.844. The molecular weight excluding hydrogens is 314 g/mol. The Hall–Kier alpha value is -0.390. The standard InChI is InChI=1S/C13H18BrNO2S/c1-11-6-8-15(9-7-11)18(16,17)10-12-2-4-13(14)5-3-12/h2-5,11H,6-10H2,1H3. The van der Waals surface area contributed by atoms with Crippen LogP contribution in [0.3, 0.4) is 0 Å². The molecule has 1 aliphatic rings. The van der Waals surface area contributed by atoms with Crippen molar-refractivity contribution in [3.05, 3.63) is 34.3 Å². The average molecular weight is 332 g/mol. The summed E-state index contributed by atoms with van der Waals surface area (Å²) in [7, 11) is -3.15. The van der Waals surface area contributed by atoms with Gasteiger partial charge in [-0.05, 0) is 36.5 Å². The molecule has 1 fully saturated rings. The fourth-order valence-electron chi connectivity index (χ4n) is 2.15. The molecule has 0 aliphatic carbocycles. The molecule has 0 spiro atoms. The minimum Gasteiger partial charge on any atom is -0.212 e. The Labute approximate surface area is 117 Å². The number of benzene rings is 1. The van der Waals surface area contributed by atoms with Crippen molar-refractivity contribution >= 4 is 26.0 Å². The van der Waals surface area contributed by atoms with Gasteiger partial charge in [0.25, 0.3) is 0 Å². The predicted molar refractivity (Wildman–Crippen MR) is 76.7 cm³/mol. The van der Waals surface area contributed by atoms with Gasteiger partial charge in [0.2, 0.25) is 10.0 Å². The number of hydrogen-bond acceptors (Lipinski definition) is 2. The molecule has 2 rings (SSSR count). The number of sulfonamides is 1. The third kappa shape index (κ3) is 3.56. The van der Waals surface area contributed by atoms with E-state index in [1.54, 1.807) is 4.31 Å². The lowest BCUT2D eigenvalue weighted by atomic mass is 10.0. The number of rotatable bonds is 3. The average Bonchev–Trinajstić information content (AvgIpc) is 2.32. The second-order valence-corrected chi connectivity index (χ2v) is 7.85. The van der Waals surface area contributed by atoms with E-state index in [0.717, 1.165) is 22.9 Å². The normalized spacial score (nSPS) is 19.0. The highest BCUT2D eigenvalue weighted by Crippen LogP contribution is 2.21. The van der Waals surface area contributed by atoms with Crippen molar-refractivity contribution in [1.82, 2.24) is 4.31 Å². The third-order valence-corrected chi connectivity index (χ3v) is 5.78. The summed E-state index contributed by atoms with van der Waals surface area (Å²) < 4.78 is 27.1. The van der Waals surface area contributed by atoms with Crippen molar-refractivity contribution in [2.24, 2.45) is 5.92 Å². The van der Waals surface area contributed by atoms with Crippen LogP contribution in [0.1, 0.15) is 25.3 Å². The molecule has 100 valence electrons. The van der Waals surface area contributed by atoms with E-state index < -0.39 is 10.0 Å². The molecule has 0 radical (unpaired) electrons. The summed E-state index contributed by atoms with van der Waals surface area (Å²) >= 11 is 3.35. The van der Waals surface area contributed by atoms with Crippen LogP contribution in [0.15, 0.2) is 28.7 Å². The SMILES string of the molecule is CC1CCN(S(=O)(=O)Cc2ccc(Br)cc2)CC1. The maximum Gasteiger partial charge on any atom is 0.218 e. The van der Waals surface area contributed by atoms with Gasteiger partial charge in [-0.15, -0.1) is 0 Å². The molecule has 0 bridgehead atoms. The molecule has 0 N–H and O–H groups in total. The number of piperidine rings is 1. The van der Waals surface area contributed by atoms with E-state index in [1.165, 1.54) is 0 Å². The Kier molecular flexibility index (Phi) is 4.45. The first-order chi connectivity index (χ1) is 8.47. The van der Waals surface area contributed by atoms with Crippen LogP contribution in [0, 0.1) is 5.92 Å². The van der Waals surface area contributed by atoms with Crippen LogP contribution < -0.4 is 0 Å². The molecule has 1 aromatic rings. The van der Waals surface area contributed by atoms with Gasteiger partial charge in [0, 0.05) is 17.6 Å². The monoisotopic (exact) mass is 331 g/mol. The molecule has 1 saturated heterocycles. The zero-order valence-corrected chi connectivity index (χ0v) is 12.9. The highest BCUT2D eigenvalue weighted by Gasteiger charge is 2.26. The van der Waals surface area contributed by atoms with Crippen molar-refractivity contribution in [1.29, 1.82) is 0 Å². The van der Waals surface area contributed by atoms with E-state index in [4.69, 9.17) is 0 Å². The van der Waals surface area contributed by atoms with Gasteiger partial charge in [0.15, 0.2) is 0 Å². The van der Waals surface area contributed by atoms with E-state index in [9.17, 15) is 8.42 Å². The first kappa shape index (κ1) is 14.0. The molecule has 5 heteroatoms. The van der Waals surface area contributed by atoms with E-state index in [1.807, 2.05) is 24.3 Å². The van der Waals surface area contributed by atoms with Crippen LogP contribution in [-0.2, 0) is 15.8 Å². The topological polar surface area (TPSA) is 37.4 Å². The number of hydrogen-bond donors (Lipinski definition) is 0. The highest BCUT2D eigenvalue weighted by molar-refractivity contribution is 9.10. The lowest BCUT2D eigenvalue weighted by Crippen LogP contribution is -2.38. The summed E-state index contributed by atoms with van der Waals surface area (Å²) in [4.78, 5) is 0. The van der Waals surface area contributed by atoms with Crippen LogP contribution in [0.25, 0.3) is 0 Å². The zero-order chi connectivity index (χ0) is 13.2. The van der Waals surface area contributed by atoms with Crippen LogP contribution in [0.2, 0.25) is 0 Å². The van der Waals surface area contributed by atoms with Crippen molar-refractivity contribution in [3.8, 4) is 0 Å². The second-order valence-electron chi connectivity index (χ2n) is 4.96. The lowest BCUT2D eigenvalue weighted by Gasteiger charge is -2.29. The van der Waals surface area contributed by atoms with Crippen molar-refractivity contribution in [3.63, 3.8) is 0 Å². The second kappa shape index (κ2) is 5.72. The number of nitrogens with zero attached hydrogens (tertiary/aromatic N) is 1. The maximum atomic E-state index is 12.3. The van der Waals surface area contributed by atoms with Gasteiger partial charge in [-0.25, -0.2) is 12.7 Å². The molecule has 0 unspecified atom stereocenters. The molecule has 0 saturated carbocycles. The Balaban J connectivity index is 2.05. The summed E-state index contributed by atoms with van der Waals surface area (Å²) in [6.07, 6.45) is 1.94. The molecule has 1 aromatic carbocycles. The minimum atomic E-state index is -3.15. The Morgan fingerprint density at radius 3 is 2.33 bits per heavy atom. The van der Waals surface area contributed by atoms with Gasteiger partial charge in [-0.3, -0.25) is 0 Å². The summed E-state index contributed by atoms with van der Waals surface area (Å²) in [6, 6.07) is 7.47. The Bertz CT molecular complexity index is 490. The molecule has 1 heterocycles. The molecule has 18 heavy (non-hydrogen) atoms. The van der Waals surface area contributed by atoms with Crippen LogP contribution in [0.4, 0.5) is 0 Å². The van der Waals surface area contributed by atoms with Gasteiger partial charge in [-0.2, -0.15) is 0 Å². The van der Waals surface area contributed by atoms with Crippen molar-refractivity contribution in [2.75, 3.05) is 13.1 Å². The predicted octanol–water partition coefficient (Wildman–Crippen LogP) is 3.01. The lowest BCUT2D eigenvalue weighted by molar-refractivity contribution is 0.287. The Morgan fingerprint density at radius 1 is 1.22 bits per heavy atom. The number of halogens is 1. The van der Waals surface area contributed by atoms with E-state index in [2.05, 4.69) is 22.9 Å². The molecule has 0 amide bonds. The van der Waals surface area contributed by atoms with Crippen molar-refractivity contribution in [2.45, 2.75) is 25.5 Å². The van der Waals surface area contributed by atoms with Gasteiger partial charge < -0.3 is 0 Å². The van der Waals surface area contributed by atoms with E-state index >= 15 is 0 Å². The summed E-state index contributed by atoms with van der Waals surface area (Å²) in [6.45, 7) is 3.51. The third-order valence-electron chi connectivity index (χ3n) is 3.40. The molecular formula is C13H18BrNO2S. The quantitative estimate of drug-likeness (QED) is 0.853. The molecule has 3 nitrogen and oxygen atoms in total. The molecule has 0 atom stereocenters. The highest BCUT2D eigenvalue weighted by atomic mass is 79.9. The fourth-order valence-corrected chi connectivity index (χ4v) is 3.97. The summed E-state index contributed by atoms with van der Waals surface area (Å²) in [5, 5.41) is 0. The van der Waals surface area contributed by atoms with Gasteiger partial charge in [0.05, 0.1) is 5.75 Å².